The average Bonchev–Trinajstić information content (AvgIpc) is 2.66. The van der Waals surface area contributed by atoms with E-state index in [1.54, 1.807) is 19.9 Å². The van der Waals surface area contributed by atoms with Crippen LogP contribution in [0.1, 0.15) is 42.2 Å². The molecule has 10 heteroatoms. The minimum absolute atomic E-state index is 0.190. The Morgan fingerprint density at radius 1 is 1.18 bits per heavy atom. The Hall–Kier alpha value is -3.17. The Morgan fingerprint density at radius 2 is 1.89 bits per heavy atom. The van der Waals surface area contributed by atoms with E-state index in [2.05, 4.69) is 25.3 Å². The maximum Gasteiger partial charge on any atom is 0.422 e. The highest BCUT2D eigenvalue weighted by molar-refractivity contribution is 5.96. The molecular formula is C18H19F3N4O3. The van der Waals surface area contributed by atoms with Crippen molar-refractivity contribution in [1.29, 1.82) is 0 Å². The van der Waals surface area contributed by atoms with Crippen molar-refractivity contribution in [3.05, 3.63) is 47.8 Å². The molecule has 0 saturated carbocycles. The van der Waals surface area contributed by atoms with Crippen LogP contribution in [0.4, 0.5) is 19.0 Å². The number of pyridine rings is 2. The summed E-state index contributed by atoms with van der Waals surface area (Å²) in [5.41, 5.74) is 0.796. The lowest BCUT2D eigenvalue weighted by atomic mass is 10.1. The first kappa shape index (κ1) is 21.1. The molecular weight excluding hydrogens is 377 g/mol. The molecule has 150 valence electrons. The minimum Gasteiger partial charge on any atom is -0.468 e. The number of carbonyl (C=O) groups is 2. The average molecular weight is 396 g/mol. The standard InChI is InChI=1S/C18H19F3N4O3/c1-3-15(26)25-14-8-13(5-6-22-14)17(27)24-11(2)12-4-7-23-16(9-12)28-10-18(19,20)21/h4-9,11H,3,10H2,1-2H3,(H,24,27)(H,22,25,26). The van der Waals surface area contributed by atoms with Crippen molar-refractivity contribution < 1.29 is 27.5 Å². The topological polar surface area (TPSA) is 93.2 Å². The molecule has 2 heterocycles. The summed E-state index contributed by atoms with van der Waals surface area (Å²) in [5.74, 6) is -0.610. The van der Waals surface area contributed by atoms with Gasteiger partial charge < -0.3 is 15.4 Å². The van der Waals surface area contributed by atoms with Crippen LogP contribution in [0.2, 0.25) is 0 Å². The fourth-order valence-electron chi connectivity index (χ4n) is 2.16. The van der Waals surface area contributed by atoms with Gasteiger partial charge in [-0.05, 0) is 30.7 Å². The smallest absolute Gasteiger partial charge is 0.422 e. The van der Waals surface area contributed by atoms with E-state index in [0.717, 1.165) is 0 Å². The summed E-state index contributed by atoms with van der Waals surface area (Å²) in [6.45, 7) is 1.91. The molecule has 0 spiro atoms. The Morgan fingerprint density at radius 3 is 2.57 bits per heavy atom. The summed E-state index contributed by atoms with van der Waals surface area (Å²) < 4.78 is 41.4. The number of halogens is 3. The van der Waals surface area contributed by atoms with Crippen LogP contribution in [-0.4, -0.2) is 34.6 Å². The molecule has 0 fully saturated rings. The predicted octanol–water partition coefficient (Wildman–Crippen LogP) is 3.26. The van der Waals surface area contributed by atoms with Crippen molar-refractivity contribution in [3.63, 3.8) is 0 Å². The maximum atomic E-state index is 12.4. The van der Waals surface area contributed by atoms with Crippen molar-refractivity contribution in [3.8, 4) is 5.88 Å². The van der Waals surface area contributed by atoms with E-state index in [4.69, 9.17) is 0 Å². The van der Waals surface area contributed by atoms with Gasteiger partial charge in [0.1, 0.15) is 5.82 Å². The Balaban J connectivity index is 2.04. The number of rotatable bonds is 7. The van der Waals surface area contributed by atoms with E-state index in [-0.39, 0.29) is 29.6 Å². The maximum absolute atomic E-state index is 12.4. The van der Waals surface area contributed by atoms with E-state index in [1.165, 1.54) is 30.6 Å². The van der Waals surface area contributed by atoms with E-state index in [9.17, 15) is 22.8 Å². The van der Waals surface area contributed by atoms with Crippen LogP contribution < -0.4 is 15.4 Å². The van der Waals surface area contributed by atoms with Gasteiger partial charge in [0.05, 0.1) is 6.04 Å². The summed E-state index contributed by atoms with van der Waals surface area (Å²) >= 11 is 0. The molecule has 0 saturated heterocycles. The van der Waals surface area contributed by atoms with E-state index < -0.39 is 24.7 Å². The molecule has 0 aliphatic carbocycles. The van der Waals surface area contributed by atoms with Gasteiger partial charge in [-0.2, -0.15) is 13.2 Å². The van der Waals surface area contributed by atoms with Crippen LogP contribution in [0, 0.1) is 0 Å². The highest BCUT2D eigenvalue weighted by atomic mass is 19.4. The summed E-state index contributed by atoms with van der Waals surface area (Å²) in [6, 6.07) is 5.28. The SMILES string of the molecule is CCC(=O)Nc1cc(C(=O)NC(C)c2ccnc(OCC(F)(F)F)c2)ccn1. The molecule has 1 atom stereocenters. The molecule has 7 nitrogen and oxygen atoms in total. The molecule has 0 bridgehead atoms. The van der Waals surface area contributed by atoms with Crippen molar-refractivity contribution in [1.82, 2.24) is 15.3 Å². The van der Waals surface area contributed by atoms with Crippen LogP contribution in [-0.2, 0) is 4.79 Å². The minimum atomic E-state index is -4.47. The van der Waals surface area contributed by atoms with Crippen molar-refractivity contribution in [2.45, 2.75) is 32.5 Å². The van der Waals surface area contributed by atoms with Crippen molar-refractivity contribution in [2.75, 3.05) is 11.9 Å². The third-order valence-corrected chi connectivity index (χ3v) is 3.60. The quantitative estimate of drug-likeness (QED) is 0.749. The van der Waals surface area contributed by atoms with Gasteiger partial charge in [0, 0.05) is 30.4 Å². The van der Waals surface area contributed by atoms with Gasteiger partial charge in [0.2, 0.25) is 11.8 Å². The fourth-order valence-corrected chi connectivity index (χ4v) is 2.16. The number of hydrogen-bond acceptors (Lipinski definition) is 5. The molecule has 2 aromatic heterocycles. The Bertz CT molecular complexity index is 843. The van der Waals surface area contributed by atoms with Crippen LogP contribution in [0.3, 0.4) is 0 Å². The normalized spacial score (nSPS) is 12.2. The molecule has 0 aliphatic rings. The first-order valence-electron chi connectivity index (χ1n) is 8.40. The molecule has 1 unspecified atom stereocenters. The zero-order valence-electron chi connectivity index (χ0n) is 15.2. The highest BCUT2D eigenvalue weighted by Crippen LogP contribution is 2.20. The fraction of sp³-hybridized carbons (Fsp3) is 0.333. The summed E-state index contributed by atoms with van der Waals surface area (Å²) in [4.78, 5) is 31.6. The van der Waals surface area contributed by atoms with Gasteiger partial charge in [0.25, 0.3) is 5.91 Å². The van der Waals surface area contributed by atoms with Gasteiger partial charge in [0.15, 0.2) is 6.61 Å². The lowest BCUT2D eigenvalue weighted by Gasteiger charge is -2.16. The summed E-state index contributed by atoms with van der Waals surface area (Å²) in [5, 5.41) is 5.28. The second kappa shape index (κ2) is 9.16. The van der Waals surface area contributed by atoms with Gasteiger partial charge in [-0.3, -0.25) is 9.59 Å². The molecule has 0 aromatic carbocycles. The third-order valence-electron chi connectivity index (χ3n) is 3.60. The Labute approximate surface area is 159 Å². The highest BCUT2D eigenvalue weighted by Gasteiger charge is 2.28. The first-order chi connectivity index (χ1) is 13.2. The van der Waals surface area contributed by atoms with Gasteiger partial charge in [-0.1, -0.05) is 6.92 Å². The number of nitrogens with zero attached hydrogens (tertiary/aromatic N) is 2. The molecule has 2 rings (SSSR count). The number of anilines is 1. The molecule has 0 aliphatic heterocycles. The second-order valence-corrected chi connectivity index (χ2v) is 5.86. The van der Waals surface area contributed by atoms with Crippen molar-refractivity contribution >= 4 is 17.6 Å². The molecule has 2 amide bonds. The van der Waals surface area contributed by atoms with E-state index >= 15 is 0 Å². The number of carbonyl (C=O) groups excluding carboxylic acids is 2. The number of hydrogen-bond donors (Lipinski definition) is 2. The number of ether oxygens (including phenoxy) is 1. The zero-order valence-corrected chi connectivity index (χ0v) is 15.2. The van der Waals surface area contributed by atoms with Gasteiger partial charge >= 0.3 is 6.18 Å². The second-order valence-electron chi connectivity index (χ2n) is 5.86. The number of amides is 2. The van der Waals surface area contributed by atoms with E-state index in [1.807, 2.05) is 0 Å². The van der Waals surface area contributed by atoms with Crippen molar-refractivity contribution in [2.24, 2.45) is 0 Å². The molecule has 2 N–H and O–H groups in total. The van der Waals surface area contributed by atoms with Crippen LogP contribution in [0.25, 0.3) is 0 Å². The lowest BCUT2D eigenvalue weighted by Crippen LogP contribution is -2.27. The number of alkyl halides is 3. The lowest BCUT2D eigenvalue weighted by molar-refractivity contribution is -0.154. The number of aromatic nitrogens is 2. The van der Waals surface area contributed by atoms with Crippen LogP contribution >= 0.6 is 0 Å². The molecule has 2 aromatic rings. The molecule has 0 radical (unpaired) electrons. The number of nitrogens with one attached hydrogen (secondary N) is 2. The summed E-state index contributed by atoms with van der Waals surface area (Å²) in [7, 11) is 0. The third kappa shape index (κ3) is 6.53. The molecule has 28 heavy (non-hydrogen) atoms. The van der Waals surface area contributed by atoms with Crippen LogP contribution in [0.15, 0.2) is 36.7 Å². The van der Waals surface area contributed by atoms with E-state index in [0.29, 0.717) is 5.56 Å². The largest absolute Gasteiger partial charge is 0.468 e. The monoisotopic (exact) mass is 396 g/mol. The van der Waals surface area contributed by atoms with Gasteiger partial charge in [-0.15, -0.1) is 0 Å². The predicted molar refractivity (Wildman–Crippen MR) is 94.8 cm³/mol. The zero-order chi connectivity index (χ0) is 20.7. The Kier molecular flexibility index (Phi) is 6.91. The summed E-state index contributed by atoms with van der Waals surface area (Å²) in [6.07, 6.45) is -1.51. The first-order valence-corrected chi connectivity index (χ1v) is 8.40. The van der Waals surface area contributed by atoms with Crippen LogP contribution in [0.5, 0.6) is 5.88 Å². The van der Waals surface area contributed by atoms with Gasteiger partial charge in [-0.25, -0.2) is 9.97 Å².